The lowest BCUT2D eigenvalue weighted by molar-refractivity contribution is -0.907. The summed E-state index contributed by atoms with van der Waals surface area (Å²) < 4.78 is 6.26. The van der Waals surface area contributed by atoms with Crippen LogP contribution in [0.5, 0.6) is 0 Å². The van der Waals surface area contributed by atoms with Crippen LogP contribution in [0.3, 0.4) is 0 Å². The van der Waals surface area contributed by atoms with E-state index in [0.29, 0.717) is 31.9 Å². The maximum atomic E-state index is 13.4. The first kappa shape index (κ1) is 22.7. The highest BCUT2D eigenvalue weighted by Crippen LogP contribution is 2.38. The van der Waals surface area contributed by atoms with Crippen molar-refractivity contribution in [3.05, 3.63) is 75.3 Å². The van der Waals surface area contributed by atoms with Crippen molar-refractivity contribution >= 4 is 33.4 Å². The molecule has 2 aromatic carbocycles. The zero-order chi connectivity index (χ0) is 22.7. The first-order valence-electron chi connectivity index (χ1n) is 11.0. The van der Waals surface area contributed by atoms with Crippen LogP contribution in [0.15, 0.2) is 58.6 Å². The molecule has 2 aliphatic heterocycles. The van der Waals surface area contributed by atoms with E-state index in [1.54, 1.807) is 29.2 Å². The number of benzene rings is 2. The molecular formula is C25H27BrN2O4. The van der Waals surface area contributed by atoms with Gasteiger partial charge in [-0.25, -0.2) is 0 Å². The number of ketones is 1. The second-order valence-electron chi connectivity index (χ2n) is 8.19. The Morgan fingerprint density at radius 2 is 1.75 bits per heavy atom. The second-order valence-corrected chi connectivity index (χ2v) is 9.10. The number of nitrogens with zero attached hydrogens (tertiary/aromatic N) is 1. The predicted molar refractivity (Wildman–Crippen MR) is 123 cm³/mol. The summed E-state index contributed by atoms with van der Waals surface area (Å²) in [6.07, 6.45) is 0.890. The lowest BCUT2D eigenvalue weighted by Crippen LogP contribution is -3.14. The molecule has 2 fully saturated rings. The van der Waals surface area contributed by atoms with Gasteiger partial charge in [0.2, 0.25) is 5.78 Å². The maximum absolute atomic E-state index is 13.4. The number of halogens is 1. The summed E-state index contributed by atoms with van der Waals surface area (Å²) in [5.41, 5.74) is 2.40. The molecular weight excluding hydrogens is 472 g/mol. The number of ether oxygens (including phenoxy) is 1. The minimum Gasteiger partial charge on any atom is -0.872 e. The van der Waals surface area contributed by atoms with Crippen LogP contribution >= 0.6 is 15.9 Å². The molecule has 2 aliphatic rings. The third-order valence-corrected chi connectivity index (χ3v) is 6.77. The number of likely N-dealkylation sites (tertiary alicyclic amines) is 1. The normalized spacial score (nSPS) is 21.3. The first-order chi connectivity index (χ1) is 15.5. The summed E-state index contributed by atoms with van der Waals surface area (Å²) >= 11 is 3.37. The van der Waals surface area contributed by atoms with Crippen LogP contribution in [0.25, 0.3) is 5.76 Å². The van der Waals surface area contributed by atoms with Gasteiger partial charge in [0.05, 0.1) is 32.3 Å². The molecule has 1 N–H and O–H groups in total. The molecule has 2 saturated heterocycles. The molecule has 4 rings (SSSR count). The number of hydrogen-bond acceptors (Lipinski definition) is 4. The molecule has 1 unspecified atom stereocenters. The van der Waals surface area contributed by atoms with E-state index < -0.39 is 17.7 Å². The van der Waals surface area contributed by atoms with Crippen LogP contribution in [0.2, 0.25) is 0 Å². The van der Waals surface area contributed by atoms with Gasteiger partial charge in [0.15, 0.2) is 0 Å². The van der Waals surface area contributed by atoms with Crippen LogP contribution in [-0.4, -0.2) is 56.0 Å². The second kappa shape index (κ2) is 9.98. The Bertz CT molecular complexity index is 1010. The molecule has 0 aliphatic carbocycles. The fourth-order valence-corrected chi connectivity index (χ4v) is 4.59. The van der Waals surface area contributed by atoms with Crippen molar-refractivity contribution in [2.45, 2.75) is 19.4 Å². The van der Waals surface area contributed by atoms with Crippen molar-refractivity contribution in [2.75, 3.05) is 39.4 Å². The number of carbonyl (C=O) groups excluding carboxylic acids is 2. The summed E-state index contributed by atoms with van der Waals surface area (Å²) in [7, 11) is 0. The van der Waals surface area contributed by atoms with Crippen molar-refractivity contribution < 1.29 is 24.3 Å². The molecule has 6 nitrogen and oxygen atoms in total. The number of aryl methyl sites for hydroxylation is 1. The van der Waals surface area contributed by atoms with E-state index in [0.717, 1.165) is 35.1 Å². The molecule has 1 atom stereocenters. The van der Waals surface area contributed by atoms with Crippen molar-refractivity contribution in [3.8, 4) is 0 Å². The highest BCUT2D eigenvalue weighted by atomic mass is 79.9. The molecule has 168 valence electrons. The highest BCUT2D eigenvalue weighted by molar-refractivity contribution is 9.10. The summed E-state index contributed by atoms with van der Waals surface area (Å²) in [6.45, 7) is 6.35. The van der Waals surface area contributed by atoms with Gasteiger partial charge in [0.1, 0.15) is 13.1 Å². The molecule has 0 spiro atoms. The van der Waals surface area contributed by atoms with Crippen LogP contribution < -0.4 is 10.0 Å². The molecule has 7 heteroatoms. The molecule has 1 amide bonds. The van der Waals surface area contributed by atoms with Gasteiger partial charge < -0.3 is 19.6 Å². The van der Waals surface area contributed by atoms with Crippen molar-refractivity contribution in [1.29, 1.82) is 0 Å². The maximum Gasteiger partial charge on any atom is 0.295 e. The monoisotopic (exact) mass is 498 g/mol. The Kier molecular flexibility index (Phi) is 7.08. The van der Waals surface area contributed by atoms with Gasteiger partial charge in [0, 0.05) is 10.0 Å². The van der Waals surface area contributed by atoms with E-state index in [9.17, 15) is 14.7 Å². The van der Waals surface area contributed by atoms with Crippen molar-refractivity contribution in [1.82, 2.24) is 4.90 Å². The van der Waals surface area contributed by atoms with Gasteiger partial charge in [-0.2, -0.15) is 0 Å². The summed E-state index contributed by atoms with van der Waals surface area (Å²) in [5.74, 6) is -1.68. The van der Waals surface area contributed by atoms with Crippen LogP contribution in [0, 0.1) is 0 Å². The third kappa shape index (κ3) is 4.65. The van der Waals surface area contributed by atoms with E-state index >= 15 is 0 Å². The lowest BCUT2D eigenvalue weighted by Gasteiger charge is -2.30. The van der Waals surface area contributed by atoms with Crippen molar-refractivity contribution in [3.63, 3.8) is 0 Å². The Labute approximate surface area is 196 Å². The minimum atomic E-state index is -0.695. The quantitative estimate of drug-likeness (QED) is 0.368. The zero-order valence-electron chi connectivity index (χ0n) is 18.1. The number of Topliss-reactive ketones (excluding diaryl/α,β-unsaturated/α-hetero) is 1. The van der Waals surface area contributed by atoms with E-state index in [-0.39, 0.29) is 11.3 Å². The summed E-state index contributed by atoms with van der Waals surface area (Å²) in [4.78, 5) is 29.0. The zero-order valence-corrected chi connectivity index (χ0v) is 19.7. The van der Waals surface area contributed by atoms with E-state index in [2.05, 4.69) is 22.9 Å². The van der Waals surface area contributed by atoms with Crippen LogP contribution in [0.4, 0.5) is 0 Å². The van der Waals surface area contributed by atoms with Crippen LogP contribution in [0.1, 0.15) is 29.7 Å². The average molecular weight is 499 g/mol. The number of rotatable bonds is 6. The Morgan fingerprint density at radius 1 is 1.09 bits per heavy atom. The van der Waals surface area contributed by atoms with Gasteiger partial charge in [-0.15, -0.1) is 0 Å². The Balaban J connectivity index is 1.72. The minimum absolute atomic E-state index is 0.0403. The Hall–Kier alpha value is -2.48. The summed E-state index contributed by atoms with van der Waals surface area (Å²) in [5, 5.41) is 13.4. The fourth-order valence-electron chi connectivity index (χ4n) is 4.33. The molecule has 2 heterocycles. The first-order valence-corrected chi connectivity index (χ1v) is 11.8. The molecule has 2 aromatic rings. The Morgan fingerprint density at radius 3 is 2.38 bits per heavy atom. The van der Waals surface area contributed by atoms with E-state index in [4.69, 9.17) is 4.74 Å². The van der Waals surface area contributed by atoms with Gasteiger partial charge >= 0.3 is 0 Å². The van der Waals surface area contributed by atoms with Crippen LogP contribution in [-0.2, 0) is 20.7 Å². The van der Waals surface area contributed by atoms with Gasteiger partial charge in [-0.1, -0.05) is 65.0 Å². The van der Waals surface area contributed by atoms with E-state index in [1.165, 1.54) is 4.90 Å². The smallest absolute Gasteiger partial charge is 0.295 e. The topological polar surface area (TPSA) is 74.1 Å². The number of hydrogen-bond donors (Lipinski definition) is 1. The standard InChI is InChI=1S/C25H27BrN2O4/c1-2-17-3-5-18(6-4-17)22-21(23(29)19-7-9-20(26)10-8-19)24(30)25(31)28(22)12-11-27-13-15-32-16-14-27/h3-10,22,29H,2,11-16H2,1H3/b23-21+. The van der Waals surface area contributed by atoms with E-state index in [1.807, 2.05) is 24.3 Å². The van der Waals surface area contributed by atoms with Gasteiger partial charge in [0.25, 0.3) is 5.91 Å². The van der Waals surface area contributed by atoms with Gasteiger partial charge in [-0.05, 0) is 35.2 Å². The number of morpholine rings is 1. The van der Waals surface area contributed by atoms with Crippen molar-refractivity contribution in [2.24, 2.45) is 0 Å². The highest BCUT2D eigenvalue weighted by Gasteiger charge is 2.44. The largest absolute Gasteiger partial charge is 0.872 e. The number of quaternary nitrogens is 1. The lowest BCUT2D eigenvalue weighted by atomic mass is 9.94. The average Bonchev–Trinajstić information content (AvgIpc) is 3.08. The molecule has 0 bridgehead atoms. The SMILES string of the molecule is CCc1ccc(C2/C(=C(\[O-])c3ccc(Br)cc3)C(=O)C(=O)N2CC[NH+]2CCOCC2)cc1. The molecule has 0 saturated carbocycles. The van der Waals surface area contributed by atoms with Gasteiger partial charge in [-0.3, -0.25) is 9.59 Å². The fraction of sp³-hybridized carbons (Fsp3) is 0.360. The molecule has 0 aromatic heterocycles. The number of carbonyl (C=O) groups is 2. The molecule has 0 radical (unpaired) electrons. The molecule has 32 heavy (non-hydrogen) atoms. The number of amides is 1. The third-order valence-electron chi connectivity index (χ3n) is 6.25. The number of nitrogens with one attached hydrogen (secondary N) is 1. The summed E-state index contributed by atoms with van der Waals surface area (Å²) in [6, 6.07) is 14.1. The predicted octanol–water partition coefficient (Wildman–Crippen LogP) is 1.15.